The number of hydrogen-bond donors (Lipinski definition) is 1. The van der Waals surface area contributed by atoms with Crippen LogP contribution in [0.15, 0.2) is 76.7 Å². The molecule has 0 bridgehead atoms. The Bertz CT molecular complexity index is 1720. The molecule has 0 fully saturated rings. The number of aryl methyl sites for hydroxylation is 3. The maximum absolute atomic E-state index is 13.7. The molecule has 208 valence electrons. The number of hydrogen-bond acceptors (Lipinski definition) is 4. The first-order valence-electron chi connectivity index (χ1n) is 12.2. The topological polar surface area (TPSA) is 83.8 Å². The van der Waals surface area contributed by atoms with Crippen LogP contribution >= 0.6 is 34.8 Å². The Kier molecular flexibility index (Phi) is 8.95. The van der Waals surface area contributed by atoms with Gasteiger partial charge >= 0.3 is 0 Å². The summed E-state index contributed by atoms with van der Waals surface area (Å²) in [7, 11) is -4.09. The third-order valence-corrected chi connectivity index (χ3v) is 9.19. The number of hydrazone groups is 1. The third-order valence-electron chi connectivity index (χ3n) is 6.37. The average molecular weight is 618 g/mol. The van der Waals surface area contributed by atoms with Crippen LogP contribution in [0.25, 0.3) is 5.69 Å². The van der Waals surface area contributed by atoms with Gasteiger partial charge in [-0.05, 0) is 75.7 Å². The van der Waals surface area contributed by atoms with Crippen molar-refractivity contribution in [1.29, 1.82) is 0 Å². The van der Waals surface area contributed by atoms with Crippen LogP contribution in [-0.2, 0) is 14.8 Å². The van der Waals surface area contributed by atoms with Crippen LogP contribution in [0.3, 0.4) is 0 Å². The molecule has 0 saturated carbocycles. The molecular formula is C29H27Cl3N4O3S. The summed E-state index contributed by atoms with van der Waals surface area (Å²) in [5.74, 6) is -0.627. The first-order chi connectivity index (χ1) is 18.9. The molecule has 1 N–H and O–H groups in total. The molecule has 11 heteroatoms. The fraction of sp³-hybridized carbons (Fsp3) is 0.172. The fourth-order valence-corrected chi connectivity index (χ4v) is 6.31. The lowest BCUT2D eigenvalue weighted by molar-refractivity contribution is -0.119. The molecule has 1 aromatic heterocycles. The van der Waals surface area contributed by atoms with E-state index in [0.29, 0.717) is 26.3 Å². The minimum atomic E-state index is -4.09. The maximum Gasteiger partial charge on any atom is 0.264 e. The highest BCUT2D eigenvalue weighted by Gasteiger charge is 2.28. The monoisotopic (exact) mass is 616 g/mol. The van der Waals surface area contributed by atoms with Gasteiger partial charge in [-0.1, -0.05) is 64.6 Å². The number of amides is 1. The van der Waals surface area contributed by atoms with E-state index in [1.54, 1.807) is 37.3 Å². The van der Waals surface area contributed by atoms with Crippen LogP contribution in [0.1, 0.15) is 28.1 Å². The predicted molar refractivity (Wildman–Crippen MR) is 163 cm³/mol. The minimum Gasteiger partial charge on any atom is -0.316 e. The Labute approximate surface area is 249 Å². The number of carbonyl (C=O) groups is 1. The van der Waals surface area contributed by atoms with Gasteiger partial charge < -0.3 is 4.57 Å². The lowest BCUT2D eigenvalue weighted by atomic mass is 10.2. The molecule has 0 aliphatic carbocycles. The normalized spacial score (nSPS) is 11.7. The highest BCUT2D eigenvalue weighted by atomic mass is 35.5. The van der Waals surface area contributed by atoms with Gasteiger partial charge in [0.25, 0.3) is 15.9 Å². The smallest absolute Gasteiger partial charge is 0.264 e. The molecule has 4 rings (SSSR count). The molecule has 3 aromatic carbocycles. The fourth-order valence-electron chi connectivity index (χ4n) is 4.28. The van der Waals surface area contributed by atoms with Crippen LogP contribution in [0.2, 0.25) is 15.1 Å². The van der Waals surface area contributed by atoms with E-state index in [9.17, 15) is 13.2 Å². The van der Waals surface area contributed by atoms with Gasteiger partial charge in [0, 0.05) is 22.0 Å². The molecule has 0 atom stereocenters. The number of sulfonamides is 1. The van der Waals surface area contributed by atoms with Crippen molar-refractivity contribution in [3.8, 4) is 5.69 Å². The van der Waals surface area contributed by atoms with Crippen LogP contribution in [0.5, 0.6) is 0 Å². The van der Waals surface area contributed by atoms with E-state index in [1.807, 2.05) is 43.5 Å². The molecular weight excluding hydrogens is 591 g/mol. The summed E-state index contributed by atoms with van der Waals surface area (Å²) in [4.78, 5) is 13.1. The zero-order chi connectivity index (χ0) is 29.2. The van der Waals surface area contributed by atoms with E-state index in [1.165, 1.54) is 24.4 Å². The summed E-state index contributed by atoms with van der Waals surface area (Å²) in [6, 6.07) is 18.6. The van der Waals surface area contributed by atoms with Gasteiger partial charge in [0.1, 0.15) is 6.54 Å². The molecule has 4 aromatic rings. The summed E-state index contributed by atoms with van der Waals surface area (Å²) < 4.78 is 30.3. The Hall–Kier alpha value is -3.30. The largest absolute Gasteiger partial charge is 0.316 e. The highest BCUT2D eigenvalue weighted by Crippen LogP contribution is 2.32. The van der Waals surface area contributed by atoms with Gasteiger partial charge in [0.05, 0.1) is 32.5 Å². The number of anilines is 1. The lowest BCUT2D eigenvalue weighted by Crippen LogP contribution is -2.40. The third kappa shape index (κ3) is 6.20. The second kappa shape index (κ2) is 12.1. The SMILES string of the molecule is Cc1ccc(S(=O)(=O)N(CC(=O)N/N=C\c2cc(C)n(-c3cccc(Cl)c3Cl)c2C)c2cc(Cl)ccc2C)cc1. The van der Waals surface area contributed by atoms with E-state index < -0.39 is 22.5 Å². The molecule has 40 heavy (non-hydrogen) atoms. The van der Waals surface area contributed by atoms with E-state index in [0.717, 1.165) is 32.5 Å². The summed E-state index contributed by atoms with van der Waals surface area (Å²) in [6.07, 6.45) is 1.50. The Morgan fingerprint density at radius 1 is 0.975 bits per heavy atom. The van der Waals surface area contributed by atoms with Gasteiger partial charge in [0.2, 0.25) is 0 Å². The zero-order valence-corrected chi connectivity index (χ0v) is 25.3. The van der Waals surface area contributed by atoms with E-state index in [4.69, 9.17) is 34.8 Å². The summed E-state index contributed by atoms with van der Waals surface area (Å²) >= 11 is 18.8. The van der Waals surface area contributed by atoms with Crippen LogP contribution in [0, 0.1) is 27.7 Å². The number of nitrogens with one attached hydrogen (secondary N) is 1. The first-order valence-corrected chi connectivity index (χ1v) is 14.8. The quantitative estimate of drug-likeness (QED) is 0.170. The van der Waals surface area contributed by atoms with Gasteiger partial charge in [-0.3, -0.25) is 9.10 Å². The molecule has 0 saturated heterocycles. The zero-order valence-electron chi connectivity index (χ0n) is 22.2. The van der Waals surface area contributed by atoms with Crippen LogP contribution in [0.4, 0.5) is 5.69 Å². The number of aromatic nitrogens is 1. The van der Waals surface area contributed by atoms with Crippen molar-refractivity contribution in [2.24, 2.45) is 5.10 Å². The van der Waals surface area contributed by atoms with E-state index >= 15 is 0 Å². The van der Waals surface area contributed by atoms with Crippen molar-refractivity contribution in [2.75, 3.05) is 10.8 Å². The molecule has 1 amide bonds. The molecule has 0 aliphatic rings. The van der Waals surface area contributed by atoms with E-state index in [2.05, 4.69) is 10.5 Å². The molecule has 1 heterocycles. The van der Waals surface area contributed by atoms with Crippen molar-refractivity contribution >= 4 is 62.6 Å². The van der Waals surface area contributed by atoms with Gasteiger partial charge in [-0.15, -0.1) is 0 Å². The number of halogens is 3. The Morgan fingerprint density at radius 2 is 1.68 bits per heavy atom. The predicted octanol–water partition coefficient (Wildman–Crippen LogP) is 7.02. The molecule has 0 radical (unpaired) electrons. The maximum atomic E-state index is 13.7. The summed E-state index contributed by atoms with van der Waals surface area (Å²) in [5, 5.41) is 5.31. The number of rotatable bonds is 8. The minimum absolute atomic E-state index is 0.0564. The van der Waals surface area contributed by atoms with Crippen molar-refractivity contribution in [3.05, 3.63) is 110 Å². The van der Waals surface area contributed by atoms with Crippen molar-refractivity contribution < 1.29 is 13.2 Å². The van der Waals surface area contributed by atoms with Crippen molar-refractivity contribution in [3.63, 3.8) is 0 Å². The lowest BCUT2D eigenvalue weighted by Gasteiger charge is -2.25. The first kappa shape index (κ1) is 29.7. The van der Waals surface area contributed by atoms with Gasteiger partial charge in [0.15, 0.2) is 0 Å². The highest BCUT2D eigenvalue weighted by molar-refractivity contribution is 7.92. The molecule has 7 nitrogen and oxygen atoms in total. The summed E-state index contributed by atoms with van der Waals surface area (Å²) in [6.45, 7) is 6.92. The summed E-state index contributed by atoms with van der Waals surface area (Å²) in [5.41, 5.74) is 7.49. The molecule has 0 unspecified atom stereocenters. The van der Waals surface area contributed by atoms with E-state index in [-0.39, 0.29) is 4.90 Å². The Balaban J connectivity index is 1.60. The second-order valence-corrected chi connectivity index (χ2v) is 12.4. The van der Waals surface area contributed by atoms with Crippen LogP contribution < -0.4 is 9.73 Å². The standard InChI is InChI=1S/C29H27Cl3N4O3S/c1-18-8-12-24(13-9-18)40(38,39)35(27-15-23(30)11-10-19(27)2)17-28(37)34-33-16-22-14-20(3)36(21(22)4)26-7-5-6-25(31)29(26)32/h5-16H,17H2,1-4H3,(H,34,37)/b33-16-. The number of carbonyl (C=O) groups excluding carboxylic acids is 1. The number of benzene rings is 3. The van der Waals surface area contributed by atoms with Gasteiger partial charge in [-0.25, -0.2) is 13.8 Å². The average Bonchev–Trinajstić information content (AvgIpc) is 3.18. The van der Waals surface area contributed by atoms with Gasteiger partial charge in [-0.2, -0.15) is 5.10 Å². The van der Waals surface area contributed by atoms with Crippen LogP contribution in [-0.4, -0.2) is 31.7 Å². The molecule has 0 spiro atoms. The van der Waals surface area contributed by atoms with Crippen molar-refractivity contribution in [1.82, 2.24) is 9.99 Å². The Morgan fingerprint density at radius 3 is 2.38 bits per heavy atom. The number of nitrogens with zero attached hydrogens (tertiary/aromatic N) is 3. The second-order valence-electron chi connectivity index (χ2n) is 9.28. The van der Waals surface area contributed by atoms with Crippen molar-refractivity contribution in [2.45, 2.75) is 32.6 Å². The molecule has 0 aliphatic heterocycles.